The lowest BCUT2D eigenvalue weighted by Crippen LogP contribution is -2.35. The number of fused-ring (bicyclic) bond motifs is 1. The summed E-state index contributed by atoms with van der Waals surface area (Å²) in [6.07, 6.45) is 0.695. The Bertz CT molecular complexity index is 692. The molecule has 6 heteroatoms. The quantitative estimate of drug-likeness (QED) is 0.853. The number of rotatable bonds is 3. The fourth-order valence-electron chi connectivity index (χ4n) is 2.62. The number of hydrogen-bond donors (Lipinski definition) is 0. The first-order valence-electron chi connectivity index (χ1n) is 7.87. The summed E-state index contributed by atoms with van der Waals surface area (Å²) in [5.74, 6) is 1.02. The average molecular weight is 334 g/mol. The van der Waals surface area contributed by atoms with Crippen LogP contribution < -0.4 is 4.74 Å². The van der Waals surface area contributed by atoms with Crippen molar-refractivity contribution in [2.24, 2.45) is 5.92 Å². The van der Waals surface area contributed by atoms with Crippen LogP contribution in [0.4, 0.5) is 4.79 Å². The maximum atomic E-state index is 12.1. The molecule has 1 fully saturated rings. The van der Waals surface area contributed by atoms with E-state index in [1.165, 1.54) is 11.5 Å². The third-order valence-corrected chi connectivity index (χ3v) is 4.55. The van der Waals surface area contributed by atoms with Crippen LogP contribution in [0.3, 0.4) is 0 Å². The molecule has 1 saturated heterocycles. The maximum Gasteiger partial charge on any atom is 0.410 e. The zero-order valence-corrected chi connectivity index (χ0v) is 14.6. The van der Waals surface area contributed by atoms with Gasteiger partial charge in [0, 0.05) is 19.0 Å². The van der Waals surface area contributed by atoms with Gasteiger partial charge in [0.05, 0.1) is 16.7 Å². The lowest BCUT2D eigenvalue weighted by molar-refractivity contribution is 0.0284. The van der Waals surface area contributed by atoms with Crippen LogP contribution in [-0.2, 0) is 4.74 Å². The highest BCUT2D eigenvalue weighted by Crippen LogP contribution is 2.29. The number of carbonyl (C=O) groups is 1. The van der Waals surface area contributed by atoms with Gasteiger partial charge in [-0.2, -0.15) is 4.37 Å². The second-order valence-electron chi connectivity index (χ2n) is 6.88. The second kappa shape index (κ2) is 6.35. The first-order chi connectivity index (χ1) is 10.9. The summed E-state index contributed by atoms with van der Waals surface area (Å²) in [7, 11) is 0. The average Bonchev–Trinajstić information content (AvgIpc) is 3.10. The van der Waals surface area contributed by atoms with Gasteiger partial charge in [0.15, 0.2) is 0 Å². The van der Waals surface area contributed by atoms with E-state index in [9.17, 15) is 4.79 Å². The molecule has 0 bridgehead atoms. The molecule has 1 aromatic carbocycles. The molecule has 0 saturated carbocycles. The van der Waals surface area contributed by atoms with Crippen molar-refractivity contribution >= 4 is 27.7 Å². The number of amides is 1. The first-order valence-corrected chi connectivity index (χ1v) is 8.65. The molecule has 3 rings (SSSR count). The number of nitrogens with zero attached hydrogens (tertiary/aromatic N) is 2. The van der Waals surface area contributed by atoms with E-state index < -0.39 is 5.60 Å². The summed E-state index contributed by atoms with van der Waals surface area (Å²) in [4.78, 5) is 13.8. The highest BCUT2D eigenvalue weighted by molar-refractivity contribution is 7.13. The van der Waals surface area contributed by atoms with E-state index in [0.717, 1.165) is 23.1 Å². The molecule has 0 radical (unpaired) electrons. The van der Waals surface area contributed by atoms with E-state index in [1.54, 1.807) is 4.90 Å². The molecule has 5 nitrogen and oxygen atoms in total. The molecule has 2 heterocycles. The Labute approximate surface area is 140 Å². The number of aromatic nitrogens is 1. The summed E-state index contributed by atoms with van der Waals surface area (Å²) >= 11 is 1.45. The lowest BCUT2D eigenvalue weighted by Gasteiger charge is -2.24. The van der Waals surface area contributed by atoms with Gasteiger partial charge in [-0.15, -0.1) is 0 Å². The molecule has 0 aliphatic carbocycles. The van der Waals surface area contributed by atoms with Gasteiger partial charge in [0.1, 0.15) is 5.60 Å². The molecule has 2 aromatic rings. The Morgan fingerprint density at radius 2 is 2.17 bits per heavy atom. The highest BCUT2D eigenvalue weighted by Gasteiger charge is 2.30. The number of likely N-dealkylation sites (tertiary alicyclic amines) is 1. The fourth-order valence-corrected chi connectivity index (χ4v) is 3.35. The summed E-state index contributed by atoms with van der Waals surface area (Å²) in [5, 5.41) is 1.06. The van der Waals surface area contributed by atoms with Gasteiger partial charge < -0.3 is 14.4 Å². The van der Waals surface area contributed by atoms with Crippen LogP contribution in [0.5, 0.6) is 5.88 Å². The van der Waals surface area contributed by atoms with Crippen molar-refractivity contribution in [3.8, 4) is 5.88 Å². The summed E-state index contributed by atoms with van der Waals surface area (Å²) in [6.45, 7) is 7.63. The minimum absolute atomic E-state index is 0.237. The van der Waals surface area contributed by atoms with E-state index in [0.29, 0.717) is 24.9 Å². The highest BCUT2D eigenvalue weighted by atomic mass is 32.1. The fraction of sp³-hybridized carbons (Fsp3) is 0.529. The molecule has 1 aliphatic heterocycles. The van der Waals surface area contributed by atoms with Gasteiger partial charge in [0.25, 0.3) is 0 Å². The Morgan fingerprint density at radius 1 is 1.39 bits per heavy atom. The minimum Gasteiger partial charge on any atom is -0.476 e. The van der Waals surface area contributed by atoms with Crippen molar-refractivity contribution in [2.75, 3.05) is 19.7 Å². The zero-order valence-electron chi connectivity index (χ0n) is 13.7. The molecule has 1 aromatic heterocycles. The monoisotopic (exact) mass is 334 g/mol. The molecule has 1 aliphatic rings. The van der Waals surface area contributed by atoms with E-state index in [4.69, 9.17) is 9.47 Å². The summed E-state index contributed by atoms with van der Waals surface area (Å²) in [6, 6.07) is 8.05. The van der Waals surface area contributed by atoms with Crippen molar-refractivity contribution in [2.45, 2.75) is 32.8 Å². The normalized spacial score (nSPS) is 18.4. The van der Waals surface area contributed by atoms with Gasteiger partial charge >= 0.3 is 6.09 Å². The molecule has 0 spiro atoms. The number of ether oxygens (including phenoxy) is 2. The molecule has 0 unspecified atom stereocenters. The number of benzene rings is 1. The van der Waals surface area contributed by atoms with Crippen LogP contribution in [0.15, 0.2) is 24.3 Å². The van der Waals surface area contributed by atoms with Crippen molar-refractivity contribution in [3.63, 3.8) is 0 Å². The number of carbonyl (C=O) groups excluding carboxylic acids is 1. The van der Waals surface area contributed by atoms with Gasteiger partial charge in [0.2, 0.25) is 5.88 Å². The molecule has 124 valence electrons. The van der Waals surface area contributed by atoms with Crippen molar-refractivity contribution < 1.29 is 14.3 Å². The molecule has 0 N–H and O–H groups in total. The zero-order chi connectivity index (χ0) is 16.4. The Hall–Kier alpha value is -1.82. The third kappa shape index (κ3) is 3.93. The Morgan fingerprint density at radius 3 is 2.96 bits per heavy atom. The Kier molecular flexibility index (Phi) is 4.43. The summed E-state index contributed by atoms with van der Waals surface area (Å²) < 4.78 is 16.8. The topological polar surface area (TPSA) is 51.7 Å². The van der Waals surface area contributed by atoms with Gasteiger partial charge in [-0.25, -0.2) is 4.79 Å². The van der Waals surface area contributed by atoms with Crippen LogP contribution in [-0.4, -0.2) is 40.7 Å². The van der Waals surface area contributed by atoms with Gasteiger partial charge in [-0.05, 0) is 50.9 Å². The molecular weight excluding hydrogens is 312 g/mol. The van der Waals surface area contributed by atoms with Crippen molar-refractivity contribution in [3.05, 3.63) is 24.3 Å². The maximum absolute atomic E-state index is 12.1. The van der Waals surface area contributed by atoms with Crippen molar-refractivity contribution in [1.82, 2.24) is 9.27 Å². The third-order valence-electron chi connectivity index (χ3n) is 3.74. The van der Waals surface area contributed by atoms with E-state index >= 15 is 0 Å². The smallest absolute Gasteiger partial charge is 0.410 e. The standard InChI is InChI=1S/C17H22N2O3S/c1-17(2,3)22-16(20)19-9-8-12(10-19)11-21-15-13-6-4-5-7-14(13)23-18-15/h4-7,12H,8-11H2,1-3H3/t12-/m0/s1. The largest absolute Gasteiger partial charge is 0.476 e. The molecule has 23 heavy (non-hydrogen) atoms. The predicted molar refractivity (Wildman–Crippen MR) is 91.0 cm³/mol. The van der Waals surface area contributed by atoms with Crippen LogP contribution >= 0.6 is 11.5 Å². The van der Waals surface area contributed by atoms with E-state index in [-0.39, 0.29) is 6.09 Å². The first kappa shape index (κ1) is 16.1. The van der Waals surface area contributed by atoms with E-state index in [2.05, 4.69) is 4.37 Å². The van der Waals surface area contributed by atoms with Crippen molar-refractivity contribution in [1.29, 1.82) is 0 Å². The number of hydrogen-bond acceptors (Lipinski definition) is 5. The van der Waals surface area contributed by atoms with Gasteiger partial charge in [-0.3, -0.25) is 0 Å². The van der Waals surface area contributed by atoms with Crippen LogP contribution in [0.2, 0.25) is 0 Å². The lowest BCUT2D eigenvalue weighted by atomic mass is 10.1. The molecule has 1 amide bonds. The molecule has 1 atom stereocenters. The van der Waals surface area contributed by atoms with Crippen LogP contribution in [0.25, 0.3) is 10.1 Å². The minimum atomic E-state index is -0.453. The van der Waals surface area contributed by atoms with Crippen LogP contribution in [0, 0.1) is 5.92 Å². The SMILES string of the molecule is CC(C)(C)OC(=O)N1CC[C@H](COc2nsc3ccccc23)C1. The van der Waals surface area contributed by atoms with E-state index in [1.807, 2.05) is 45.0 Å². The summed E-state index contributed by atoms with van der Waals surface area (Å²) in [5.41, 5.74) is -0.453. The second-order valence-corrected chi connectivity index (χ2v) is 7.68. The van der Waals surface area contributed by atoms with Crippen LogP contribution in [0.1, 0.15) is 27.2 Å². The molecular formula is C17H22N2O3S. The Balaban J connectivity index is 1.53. The van der Waals surface area contributed by atoms with Gasteiger partial charge in [-0.1, -0.05) is 12.1 Å². The predicted octanol–water partition coefficient (Wildman–Crippen LogP) is 3.93.